The van der Waals surface area contributed by atoms with Gasteiger partial charge in [-0.1, -0.05) is 13.8 Å². The van der Waals surface area contributed by atoms with Crippen LogP contribution >= 0.6 is 0 Å². The first-order chi connectivity index (χ1) is 7.42. The van der Waals surface area contributed by atoms with Crippen molar-refractivity contribution in [3.05, 3.63) is 29.3 Å². The van der Waals surface area contributed by atoms with Crippen LogP contribution in [0.2, 0.25) is 0 Å². The summed E-state index contributed by atoms with van der Waals surface area (Å²) in [6.45, 7) is 2.62. The molecule has 0 saturated heterocycles. The maximum absolute atomic E-state index is 12.9. The van der Waals surface area contributed by atoms with Crippen molar-refractivity contribution in [2.24, 2.45) is 0 Å². The van der Waals surface area contributed by atoms with E-state index >= 15 is 0 Å². The van der Waals surface area contributed by atoms with Crippen LogP contribution < -0.4 is 5.73 Å². The topological polar surface area (TPSA) is 72.6 Å². The van der Waals surface area contributed by atoms with Crippen LogP contribution in [-0.4, -0.2) is 17.9 Å². The van der Waals surface area contributed by atoms with Gasteiger partial charge >= 0.3 is 5.97 Å². The van der Waals surface area contributed by atoms with Crippen molar-refractivity contribution in [1.82, 2.24) is 0 Å². The number of carbonyl (C=O) groups excluding carboxylic acids is 1. The van der Waals surface area contributed by atoms with Gasteiger partial charge in [0.25, 0.3) is 0 Å². The zero-order chi connectivity index (χ0) is 12.3. The summed E-state index contributed by atoms with van der Waals surface area (Å²) in [7, 11) is 0. The summed E-state index contributed by atoms with van der Waals surface area (Å²) < 4.78 is 12.9. The minimum Gasteiger partial charge on any atom is -0.399 e. The Kier molecular flexibility index (Phi) is 3.49. The third kappa shape index (κ3) is 2.30. The van der Waals surface area contributed by atoms with Gasteiger partial charge in [-0.05, 0) is 23.8 Å². The van der Waals surface area contributed by atoms with Gasteiger partial charge < -0.3 is 5.73 Å². The average molecular weight is 227 g/mol. The average Bonchev–Trinajstić information content (AvgIpc) is 2.28. The lowest BCUT2D eigenvalue weighted by Gasteiger charge is -2.23. The van der Waals surface area contributed by atoms with Gasteiger partial charge in [0.05, 0.1) is 12.2 Å². The Bertz CT molecular complexity index is 404. The molecule has 4 nitrogen and oxygen atoms in total. The van der Waals surface area contributed by atoms with Crippen molar-refractivity contribution in [2.75, 3.05) is 12.4 Å². The highest BCUT2D eigenvalue weighted by Crippen LogP contribution is 2.29. The SMILES string of the molecule is CC(C)(CF)c1cc(N)ccc1C(=O)OO. The molecule has 0 fully saturated rings. The van der Waals surface area contributed by atoms with Crippen LogP contribution in [0.5, 0.6) is 0 Å². The first kappa shape index (κ1) is 12.4. The minimum atomic E-state index is -0.920. The number of alkyl halides is 1. The van der Waals surface area contributed by atoms with Gasteiger partial charge in [0, 0.05) is 11.1 Å². The molecular weight excluding hydrogens is 213 g/mol. The minimum absolute atomic E-state index is 0.111. The molecule has 1 rings (SSSR count). The molecule has 0 bridgehead atoms. The lowest BCUT2D eigenvalue weighted by atomic mass is 9.82. The van der Waals surface area contributed by atoms with Crippen LogP contribution in [0, 0.1) is 0 Å². The van der Waals surface area contributed by atoms with Gasteiger partial charge in [-0.25, -0.2) is 4.79 Å². The normalized spacial score (nSPS) is 11.2. The maximum atomic E-state index is 12.9. The second-order valence-electron chi connectivity index (χ2n) is 4.20. The Labute approximate surface area is 92.8 Å². The van der Waals surface area contributed by atoms with Crippen molar-refractivity contribution < 1.29 is 19.3 Å². The molecule has 1 aromatic carbocycles. The Morgan fingerprint density at radius 1 is 1.56 bits per heavy atom. The van der Waals surface area contributed by atoms with Crippen molar-refractivity contribution in [3.8, 4) is 0 Å². The van der Waals surface area contributed by atoms with Gasteiger partial charge in [-0.15, -0.1) is 0 Å². The zero-order valence-electron chi connectivity index (χ0n) is 9.16. The molecule has 0 spiro atoms. The number of rotatable bonds is 3. The Morgan fingerprint density at radius 3 is 2.69 bits per heavy atom. The number of hydrogen-bond donors (Lipinski definition) is 2. The van der Waals surface area contributed by atoms with E-state index in [9.17, 15) is 9.18 Å². The predicted molar refractivity (Wildman–Crippen MR) is 57.9 cm³/mol. The standard InChI is InChI=1S/C11H14FNO3/c1-11(2,6-12)9-5-7(13)3-4-8(9)10(14)16-15/h3-5,15H,6,13H2,1-2H3. The van der Waals surface area contributed by atoms with E-state index in [1.165, 1.54) is 18.2 Å². The number of nitrogen functional groups attached to an aromatic ring is 1. The number of anilines is 1. The molecule has 0 atom stereocenters. The summed E-state index contributed by atoms with van der Waals surface area (Å²) in [5.41, 5.74) is 5.67. The fraction of sp³-hybridized carbons (Fsp3) is 0.364. The third-order valence-corrected chi connectivity index (χ3v) is 2.41. The third-order valence-electron chi connectivity index (χ3n) is 2.41. The molecule has 5 heteroatoms. The molecule has 0 radical (unpaired) electrons. The summed E-state index contributed by atoms with van der Waals surface area (Å²) in [5, 5.41) is 8.35. The van der Waals surface area contributed by atoms with Crippen LogP contribution in [0.15, 0.2) is 18.2 Å². The van der Waals surface area contributed by atoms with Gasteiger partial charge in [-0.2, -0.15) is 5.26 Å². The molecule has 0 aliphatic carbocycles. The molecule has 0 amide bonds. The summed E-state index contributed by atoms with van der Waals surface area (Å²) >= 11 is 0. The highest BCUT2D eigenvalue weighted by molar-refractivity contribution is 5.91. The van der Waals surface area contributed by atoms with Crippen LogP contribution in [0.25, 0.3) is 0 Å². The van der Waals surface area contributed by atoms with Crippen molar-refractivity contribution >= 4 is 11.7 Å². The summed E-state index contributed by atoms with van der Waals surface area (Å²) in [6.07, 6.45) is 0. The smallest absolute Gasteiger partial charge is 0.373 e. The van der Waals surface area contributed by atoms with Gasteiger partial charge in [-0.3, -0.25) is 9.28 Å². The maximum Gasteiger partial charge on any atom is 0.373 e. The molecule has 0 saturated carbocycles. The molecule has 3 N–H and O–H groups in total. The quantitative estimate of drug-likeness (QED) is 0.471. The van der Waals surface area contributed by atoms with Gasteiger partial charge in [0.1, 0.15) is 0 Å². The zero-order valence-corrected chi connectivity index (χ0v) is 9.16. The Morgan fingerprint density at radius 2 is 2.19 bits per heavy atom. The summed E-state index contributed by atoms with van der Waals surface area (Å²) in [5.74, 6) is -0.920. The lowest BCUT2D eigenvalue weighted by molar-refractivity contribution is -0.182. The van der Waals surface area contributed by atoms with Crippen LogP contribution in [0.3, 0.4) is 0 Å². The fourth-order valence-corrected chi connectivity index (χ4v) is 1.42. The number of nitrogens with two attached hydrogens (primary N) is 1. The van der Waals surface area contributed by atoms with E-state index in [1.807, 2.05) is 0 Å². The highest BCUT2D eigenvalue weighted by atomic mass is 19.1. The molecule has 0 unspecified atom stereocenters. The molecule has 16 heavy (non-hydrogen) atoms. The van der Waals surface area contributed by atoms with Crippen molar-refractivity contribution in [2.45, 2.75) is 19.3 Å². The van der Waals surface area contributed by atoms with E-state index in [4.69, 9.17) is 11.0 Å². The van der Waals surface area contributed by atoms with E-state index in [1.54, 1.807) is 13.8 Å². The van der Waals surface area contributed by atoms with E-state index in [-0.39, 0.29) is 5.56 Å². The van der Waals surface area contributed by atoms with E-state index in [2.05, 4.69) is 4.89 Å². The summed E-state index contributed by atoms with van der Waals surface area (Å²) in [4.78, 5) is 14.9. The predicted octanol–water partition coefficient (Wildman–Crippen LogP) is 2.15. The monoisotopic (exact) mass is 227 g/mol. The fourth-order valence-electron chi connectivity index (χ4n) is 1.42. The summed E-state index contributed by atoms with van der Waals surface area (Å²) in [6, 6.07) is 4.40. The van der Waals surface area contributed by atoms with E-state index < -0.39 is 18.1 Å². The molecule has 0 aromatic heterocycles. The molecule has 0 aliphatic heterocycles. The Balaban J connectivity index is 3.34. The number of hydrogen-bond acceptors (Lipinski definition) is 4. The van der Waals surface area contributed by atoms with Gasteiger partial charge in [0.15, 0.2) is 0 Å². The largest absolute Gasteiger partial charge is 0.399 e. The molecule has 0 heterocycles. The van der Waals surface area contributed by atoms with Crippen molar-refractivity contribution in [1.29, 1.82) is 0 Å². The highest BCUT2D eigenvalue weighted by Gasteiger charge is 2.27. The van der Waals surface area contributed by atoms with E-state index in [0.717, 1.165) is 0 Å². The first-order valence-electron chi connectivity index (χ1n) is 4.74. The number of halogens is 1. The Hall–Kier alpha value is -1.62. The second-order valence-corrected chi connectivity index (χ2v) is 4.20. The first-order valence-corrected chi connectivity index (χ1v) is 4.74. The van der Waals surface area contributed by atoms with Crippen LogP contribution in [0.4, 0.5) is 10.1 Å². The number of benzene rings is 1. The van der Waals surface area contributed by atoms with Crippen LogP contribution in [0.1, 0.15) is 29.8 Å². The molecule has 1 aromatic rings. The van der Waals surface area contributed by atoms with Gasteiger partial charge in [0.2, 0.25) is 0 Å². The van der Waals surface area contributed by atoms with Crippen molar-refractivity contribution in [3.63, 3.8) is 0 Å². The molecule has 88 valence electrons. The lowest BCUT2D eigenvalue weighted by Crippen LogP contribution is -2.24. The van der Waals surface area contributed by atoms with E-state index in [0.29, 0.717) is 11.3 Å². The van der Waals surface area contributed by atoms with Crippen LogP contribution in [-0.2, 0) is 10.3 Å². The number of carbonyl (C=O) groups is 1. The molecule has 0 aliphatic rings. The molecular formula is C11H14FNO3. The second kappa shape index (κ2) is 4.49.